The molecule has 5 heteroatoms. The quantitative estimate of drug-likeness (QED) is 0.680. The number of nitrogens with zero attached hydrogens (tertiary/aromatic N) is 4. The first kappa shape index (κ1) is 10.8. The molecule has 1 aromatic rings. The van der Waals surface area contributed by atoms with Gasteiger partial charge >= 0.3 is 0 Å². The van der Waals surface area contributed by atoms with E-state index >= 15 is 0 Å². The molecule has 78 valence electrons. The first-order valence-corrected chi connectivity index (χ1v) is 4.61. The second-order valence-corrected chi connectivity index (χ2v) is 3.76. The van der Waals surface area contributed by atoms with Gasteiger partial charge in [0.15, 0.2) is 5.82 Å². The van der Waals surface area contributed by atoms with E-state index in [1.54, 1.807) is 7.05 Å². The molecule has 0 amide bonds. The molecule has 1 rings (SSSR count). The average molecular weight is 195 g/mol. The lowest BCUT2D eigenvalue weighted by Gasteiger charge is -2.23. The van der Waals surface area contributed by atoms with Crippen LogP contribution in [0.3, 0.4) is 0 Å². The fourth-order valence-corrected chi connectivity index (χ4v) is 1.37. The molecule has 0 aliphatic rings. The molecule has 0 bridgehead atoms. The van der Waals surface area contributed by atoms with Crippen LogP contribution < -0.4 is 5.32 Å². The third-order valence-electron chi connectivity index (χ3n) is 2.19. The number of hydrogen-bond donors (Lipinski definition) is 1. The molecule has 0 aliphatic carbocycles. The average Bonchev–Trinajstić information content (AvgIpc) is 2.51. The van der Waals surface area contributed by atoms with Gasteiger partial charge in [-0.1, -0.05) is 13.0 Å². The van der Waals surface area contributed by atoms with Gasteiger partial charge in [-0.15, -0.1) is 16.8 Å². The monoisotopic (exact) mass is 195 g/mol. The molecule has 0 aromatic carbocycles. The van der Waals surface area contributed by atoms with Crippen molar-refractivity contribution in [3.8, 4) is 0 Å². The molecule has 0 saturated carbocycles. The lowest BCUT2D eigenvalue weighted by molar-refractivity contribution is 0.396. The normalized spacial score (nSPS) is 15.1. The van der Waals surface area contributed by atoms with Crippen LogP contribution in [0.5, 0.6) is 0 Å². The van der Waals surface area contributed by atoms with Crippen molar-refractivity contribution < 1.29 is 0 Å². The van der Waals surface area contributed by atoms with E-state index < -0.39 is 0 Å². The van der Waals surface area contributed by atoms with E-state index in [-0.39, 0.29) is 5.41 Å². The molecular weight excluding hydrogens is 178 g/mol. The maximum atomic E-state index is 4.14. The molecule has 1 atom stereocenters. The van der Waals surface area contributed by atoms with E-state index in [9.17, 15) is 0 Å². The predicted molar refractivity (Wildman–Crippen MR) is 54.7 cm³/mol. The number of aromatic nitrogens is 4. The third kappa shape index (κ3) is 2.63. The Morgan fingerprint density at radius 3 is 2.79 bits per heavy atom. The van der Waals surface area contributed by atoms with Crippen molar-refractivity contribution in [1.82, 2.24) is 25.5 Å². The lowest BCUT2D eigenvalue weighted by Crippen LogP contribution is -2.30. The topological polar surface area (TPSA) is 55.6 Å². The predicted octanol–water partition coefficient (Wildman–Crippen LogP) is 0.164. The smallest absolute Gasteiger partial charge is 0.175 e. The van der Waals surface area contributed by atoms with Crippen molar-refractivity contribution in [3.05, 3.63) is 18.5 Å². The zero-order valence-electron chi connectivity index (χ0n) is 8.99. The van der Waals surface area contributed by atoms with E-state index in [0.29, 0.717) is 0 Å². The molecule has 1 aromatic heterocycles. The van der Waals surface area contributed by atoms with Gasteiger partial charge in [-0.3, -0.25) is 0 Å². The molecule has 5 nitrogen and oxygen atoms in total. The van der Waals surface area contributed by atoms with Crippen molar-refractivity contribution >= 4 is 0 Å². The van der Waals surface area contributed by atoms with E-state index in [2.05, 4.69) is 34.2 Å². The molecule has 0 radical (unpaired) electrons. The van der Waals surface area contributed by atoms with Gasteiger partial charge in [-0.05, 0) is 12.3 Å². The summed E-state index contributed by atoms with van der Waals surface area (Å²) in [4.78, 5) is 1.47. The van der Waals surface area contributed by atoms with Crippen molar-refractivity contribution in [3.63, 3.8) is 0 Å². The van der Waals surface area contributed by atoms with Crippen LogP contribution >= 0.6 is 0 Å². The molecule has 1 heterocycles. The van der Waals surface area contributed by atoms with Gasteiger partial charge in [0, 0.05) is 18.4 Å². The fraction of sp³-hybridized carbons (Fsp3) is 0.667. The second-order valence-electron chi connectivity index (χ2n) is 3.76. The highest BCUT2D eigenvalue weighted by Crippen LogP contribution is 2.20. The summed E-state index contributed by atoms with van der Waals surface area (Å²) in [7, 11) is 3.69. The molecule has 0 fully saturated rings. The summed E-state index contributed by atoms with van der Waals surface area (Å²) >= 11 is 0. The molecular formula is C9H17N5. The molecule has 14 heavy (non-hydrogen) atoms. The van der Waals surface area contributed by atoms with Crippen LogP contribution in [0.25, 0.3) is 0 Å². The SMILES string of the molecule is C=CC(C)(CNC)Cc1nnn(C)n1. The van der Waals surface area contributed by atoms with Gasteiger partial charge in [0.25, 0.3) is 0 Å². The second kappa shape index (κ2) is 4.32. The van der Waals surface area contributed by atoms with Crippen molar-refractivity contribution in [2.45, 2.75) is 13.3 Å². The largest absolute Gasteiger partial charge is 0.319 e. The van der Waals surface area contributed by atoms with E-state index in [1.165, 1.54) is 4.80 Å². The van der Waals surface area contributed by atoms with Gasteiger partial charge in [0.05, 0.1) is 7.05 Å². The summed E-state index contributed by atoms with van der Waals surface area (Å²) in [5.41, 5.74) is -0.0161. The minimum absolute atomic E-state index is 0.0161. The number of aryl methyl sites for hydroxylation is 1. The highest BCUT2D eigenvalue weighted by molar-refractivity contribution is 4.99. The minimum atomic E-state index is -0.0161. The lowest BCUT2D eigenvalue weighted by atomic mass is 9.86. The van der Waals surface area contributed by atoms with Gasteiger partial charge in [-0.25, -0.2) is 0 Å². The zero-order chi connectivity index (χ0) is 10.6. The Hall–Kier alpha value is -1.23. The highest BCUT2D eigenvalue weighted by Gasteiger charge is 2.22. The number of tetrazole rings is 1. The highest BCUT2D eigenvalue weighted by atomic mass is 15.6. The van der Waals surface area contributed by atoms with Crippen LogP contribution in [-0.4, -0.2) is 33.8 Å². The molecule has 0 spiro atoms. The van der Waals surface area contributed by atoms with Crippen LogP contribution in [0.15, 0.2) is 12.7 Å². The van der Waals surface area contributed by atoms with Crippen LogP contribution in [-0.2, 0) is 13.5 Å². The molecule has 0 aliphatic heterocycles. The Kier molecular flexibility index (Phi) is 3.35. The first-order valence-electron chi connectivity index (χ1n) is 4.61. The summed E-state index contributed by atoms with van der Waals surface area (Å²) in [6, 6.07) is 0. The maximum Gasteiger partial charge on any atom is 0.175 e. The number of nitrogens with one attached hydrogen (secondary N) is 1. The van der Waals surface area contributed by atoms with Gasteiger partial charge in [0.1, 0.15) is 0 Å². The van der Waals surface area contributed by atoms with E-state index in [1.807, 2.05) is 13.1 Å². The summed E-state index contributed by atoms with van der Waals surface area (Å²) in [5, 5.41) is 15.0. The van der Waals surface area contributed by atoms with Crippen LogP contribution in [0, 0.1) is 5.41 Å². The van der Waals surface area contributed by atoms with Gasteiger partial charge < -0.3 is 5.32 Å². The third-order valence-corrected chi connectivity index (χ3v) is 2.19. The van der Waals surface area contributed by atoms with Crippen LogP contribution in [0.4, 0.5) is 0 Å². The Balaban J connectivity index is 2.69. The minimum Gasteiger partial charge on any atom is -0.319 e. The molecule has 1 N–H and O–H groups in total. The molecule has 0 saturated heterocycles. The Bertz CT molecular complexity index is 306. The van der Waals surface area contributed by atoms with Crippen molar-refractivity contribution in [2.75, 3.05) is 13.6 Å². The summed E-state index contributed by atoms with van der Waals surface area (Å²) in [6.45, 7) is 6.81. The van der Waals surface area contributed by atoms with Crippen LogP contribution in [0.1, 0.15) is 12.7 Å². The maximum absolute atomic E-state index is 4.14. The van der Waals surface area contributed by atoms with Crippen LogP contribution in [0.2, 0.25) is 0 Å². The molecule has 1 unspecified atom stereocenters. The van der Waals surface area contributed by atoms with E-state index in [4.69, 9.17) is 0 Å². The summed E-state index contributed by atoms with van der Waals surface area (Å²) < 4.78 is 0. The Morgan fingerprint density at radius 1 is 1.64 bits per heavy atom. The number of rotatable bonds is 5. The number of hydrogen-bond acceptors (Lipinski definition) is 4. The van der Waals surface area contributed by atoms with Crippen molar-refractivity contribution in [1.29, 1.82) is 0 Å². The first-order chi connectivity index (χ1) is 6.59. The van der Waals surface area contributed by atoms with Gasteiger partial charge in [-0.2, -0.15) is 4.80 Å². The summed E-state index contributed by atoms with van der Waals surface area (Å²) in [5.74, 6) is 0.755. The standard InChI is InChI=1S/C9H17N5/c1-5-9(2,7-10-3)6-8-11-13-14(4)12-8/h5,10H,1,6-7H2,2-4H3. The fourth-order valence-electron chi connectivity index (χ4n) is 1.37. The van der Waals surface area contributed by atoms with E-state index in [0.717, 1.165) is 18.8 Å². The summed E-state index contributed by atoms with van der Waals surface area (Å²) in [6.07, 6.45) is 2.69. The zero-order valence-corrected chi connectivity index (χ0v) is 8.99. The van der Waals surface area contributed by atoms with Crippen molar-refractivity contribution in [2.24, 2.45) is 12.5 Å². The Labute approximate surface area is 84.2 Å². The Morgan fingerprint density at radius 2 is 2.36 bits per heavy atom. The van der Waals surface area contributed by atoms with Gasteiger partial charge in [0.2, 0.25) is 0 Å².